The van der Waals surface area contributed by atoms with Crippen LogP contribution >= 0.6 is 0 Å². The Hall–Kier alpha value is -2.04. The lowest BCUT2D eigenvalue weighted by Crippen LogP contribution is -2.41. The van der Waals surface area contributed by atoms with Gasteiger partial charge in [-0.15, -0.1) is 0 Å². The van der Waals surface area contributed by atoms with Crippen LogP contribution in [0.3, 0.4) is 0 Å². The number of aryl methyl sites for hydroxylation is 1. The van der Waals surface area contributed by atoms with Gasteiger partial charge < -0.3 is 15.3 Å². The van der Waals surface area contributed by atoms with E-state index < -0.39 is 5.97 Å². The van der Waals surface area contributed by atoms with E-state index in [-0.39, 0.29) is 18.5 Å². The molecule has 1 atom stereocenters. The van der Waals surface area contributed by atoms with Gasteiger partial charge in [0.15, 0.2) is 0 Å². The van der Waals surface area contributed by atoms with E-state index in [0.717, 1.165) is 17.7 Å². The van der Waals surface area contributed by atoms with Crippen LogP contribution in [-0.2, 0) is 9.59 Å². The van der Waals surface area contributed by atoms with Gasteiger partial charge in [-0.05, 0) is 25.5 Å². The summed E-state index contributed by atoms with van der Waals surface area (Å²) in [6.45, 7) is 2.46. The molecule has 0 aliphatic carbocycles. The number of nitrogens with zero attached hydrogens (tertiary/aromatic N) is 1. The number of carbonyl (C=O) groups is 2. The van der Waals surface area contributed by atoms with Crippen LogP contribution in [0.5, 0.6) is 0 Å². The molecule has 0 bridgehead atoms. The van der Waals surface area contributed by atoms with E-state index in [1.54, 1.807) is 4.90 Å². The number of hydrogen-bond donors (Lipinski definition) is 2. The summed E-state index contributed by atoms with van der Waals surface area (Å²) in [5.41, 5.74) is 2.00. The van der Waals surface area contributed by atoms with Gasteiger partial charge in [-0.2, -0.15) is 0 Å². The molecule has 1 aromatic rings. The van der Waals surface area contributed by atoms with E-state index in [4.69, 9.17) is 5.11 Å². The number of carbonyl (C=O) groups excluding carboxylic acids is 1. The molecule has 1 saturated heterocycles. The maximum Gasteiger partial charge on any atom is 0.323 e. The number of nitrogens with one attached hydrogen (secondary N) is 1. The molecule has 5 nitrogen and oxygen atoms in total. The topological polar surface area (TPSA) is 69.6 Å². The van der Waals surface area contributed by atoms with Gasteiger partial charge in [0.25, 0.3) is 0 Å². The minimum atomic E-state index is -0.870. The lowest BCUT2D eigenvalue weighted by Gasteiger charge is -2.26. The first-order valence-electron chi connectivity index (χ1n) is 6.37. The van der Waals surface area contributed by atoms with Gasteiger partial charge in [-0.1, -0.05) is 17.7 Å². The average Bonchev–Trinajstić information content (AvgIpc) is 2.74. The van der Waals surface area contributed by atoms with Crippen molar-refractivity contribution in [1.82, 2.24) is 5.32 Å². The van der Waals surface area contributed by atoms with E-state index in [0.29, 0.717) is 13.0 Å². The Labute approximate surface area is 112 Å². The Morgan fingerprint density at radius 1 is 1.42 bits per heavy atom. The third-order valence-corrected chi connectivity index (χ3v) is 3.25. The molecule has 1 fully saturated rings. The second-order valence-electron chi connectivity index (χ2n) is 4.91. The molecule has 1 aromatic carbocycles. The lowest BCUT2D eigenvalue weighted by atomic mass is 10.1. The van der Waals surface area contributed by atoms with Crippen molar-refractivity contribution in [3.63, 3.8) is 0 Å². The highest BCUT2D eigenvalue weighted by Crippen LogP contribution is 2.17. The van der Waals surface area contributed by atoms with Crippen molar-refractivity contribution >= 4 is 17.6 Å². The number of carboxylic acid groups (broad SMARTS) is 1. The van der Waals surface area contributed by atoms with Crippen LogP contribution in [0, 0.1) is 6.92 Å². The fourth-order valence-electron chi connectivity index (χ4n) is 2.26. The quantitative estimate of drug-likeness (QED) is 0.835. The second-order valence-corrected chi connectivity index (χ2v) is 4.91. The first-order chi connectivity index (χ1) is 9.04. The zero-order chi connectivity index (χ0) is 13.8. The maximum atomic E-state index is 11.2. The molecule has 0 saturated carbocycles. The molecule has 5 heteroatoms. The lowest BCUT2D eigenvalue weighted by molar-refractivity contribution is -0.135. The van der Waals surface area contributed by atoms with Gasteiger partial charge in [0, 0.05) is 24.7 Å². The maximum absolute atomic E-state index is 11.2. The predicted molar refractivity (Wildman–Crippen MR) is 72.2 cm³/mol. The molecule has 0 spiro atoms. The zero-order valence-electron chi connectivity index (χ0n) is 10.9. The average molecular weight is 262 g/mol. The van der Waals surface area contributed by atoms with Crippen molar-refractivity contribution in [2.24, 2.45) is 0 Å². The summed E-state index contributed by atoms with van der Waals surface area (Å²) in [7, 11) is 0. The standard InChI is InChI=1S/C14H18N2O3/c1-10-2-5-12(6-3-10)16(9-14(18)19)8-11-4-7-13(17)15-11/h2-3,5-6,11H,4,7-9H2,1H3,(H,15,17)(H,18,19). The Bertz CT molecular complexity index is 470. The molecule has 1 unspecified atom stereocenters. The largest absolute Gasteiger partial charge is 0.480 e. The predicted octanol–water partition coefficient (Wildman–Crippen LogP) is 1.16. The van der Waals surface area contributed by atoms with E-state index in [1.165, 1.54) is 0 Å². The van der Waals surface area contributed by atoms with Crippen molar-refractivity contribution < 1.29 is 14.7 Å². The number of aliphatic carboxylic acids is 1. The van der Waals surface area contributed by atoms with Crippen LogP contribution in [-0.4, -0.2) is 36.1 Å². The van der Waals surface area contributed by atoms with Crippen LogP contribution in [0.4, 0.5) is 5.69 Å². The number of anilines is 1. The summed E-state index contributed by atoms with van der Waals surface area (Å²) in [6.07, 6.45) is 1.29. The Morgan fingerprint density at radius 3 is 2.63 bits per heavy atom. The Morgan fingerprint density at radius 2 is 2.11 bits per heavy atom. The van der Waals surface area contributed by atoms with E-state index in [2.05, 4.69) is 5.32 Å². The minimum Gasteiger partial charge on any atom is -0.480 e. The SMILES string of the molecule is Cc1ccc(N(CC(=O)O)CC2CCC(=O)N2)cc1. The summed E-state index contributed by atoms with van der Waals surface area (Å²) >= 11 is 0. The summed E-state index contributed by atoms with van der Waals surface area (Å²) in [5, 5.41) is 11.9. The molecule has 102 valence electrons. The molecule has 1 amide bonds. The van der Waals surface area contributed by atoms with E-state index >= 15 is 0 Å². The monoisotopic (exact) mass is 262 g/mol. The van der Waals surface area contributed by atoms with Crippen molar-refractivity contribution in [1.29, 1.82) is 0 Å². The van der Waals surface area contributed by atoms with Gasteiger partial charge in [0.1, 0.15) is 6.54 Å². The van der Waals surface area contributed by atoms with E-state index in [1.807, 2.05) is 31.2 Å². The third-order valence-electron chi connectivity index (χ3n) is 3.25. The molecule has 0 aromatic heterocycles. The molecular formula is C14H18N2O3. The normalized spacial score (nSPS) is 18.2. The van der Waals surface area contributed by atoms with Crippen LogP contribution in [0.1, 0.15) is 18.4 Å². The van der Waals surface area contributed by atoms with Gasteiger partial charge >= 0.3 is 5.97 Å². The molecule has 19 heavy (non-hydrogen) atoms. The molecule has 1 heterocycles. The summed E-state index contributed by atoms with van der Waals surface area (Å²) < 4.78 is 0. The fourth-order valence-corrected chi connectivity index (χ4v) is 2.26. The third kappa shape index (κ3) is 3.71. The summed E-state index contributed by atoms with van der Waals surface area (Å²) in [6, 6.07) is 7.77. The highest BCUT2D eigenvalue weighted by Gasteiger charge is 2.24. The van der Waals surface area contributed by atoms with Crippen LogP contribution in [0.25, 0.3) is 0 Å². The fraction of sp³-hybridized carbons (Fsp3) is 0.429. The van der Waals surface area contributed by atoms with Gasteiger partial charge in [0.05, 0.1) is 0 Å². The van der Waals surface area contributed by atoms with Crippen molar-refractivity contribution in [2.75, 3.05) is 18.0 Å². The van der Waals surface area contributed by atoms with E-state index in [9.17, 15) is 9.59 Å². The number of carboxylic acids is 1. The highest BCUT2D eigenvalue weighted by molar-refractivity contribution is 5.79. The van der Waals surface area contributed by atoms with Crippen molar-refractivity contribution in [3.8, 4) is 0 Å². The number of rotatable bonds is 5. The Kier molecular flexibility index (Phi) is 4.04. The smallest absolute Gasteiger partial charge is 0.323 e. The van der Waals surface area contributed by atoms with Crippen molar-refractivity contribution in [3.05, 3.63) is 29.8 Å². The molecule has 1 aliphatic heterocycles. The van der Waals surface area contributed by atoms with Gasteiger partial charge in [0.2, 0.25) is 5.91 Å². The molecule has 0 radical (unpaired) electrons. The van der Waals surface area contributed by atoms with Crippen LogP contribution < -0.4 is 10.2 Å². The molecule has 2 rings (SSSR count). The second kappa shape index (κ2) is 5.73. The first kappa shape index (κ1) is 13.4. The summed E-state index contributed by atoms with van der Waals surface area (Å²) in [4.78, 5) is 23.9. The number of amides is 1. The number of hydrogen-bond acceptors (Lipinski definition) is 3. The molecule has 1 aliphatic rings. The van der Waals surface area contributed by atoms with Gasteiger partial charge in [-0.25, -0.2) is 0 Å². The summed E-state index contributed by atoms with van der Waals surface area (Å²) in [5.74, 6) is -0.825. The Balaban J connectivity index is 2.09. The zero-order valence-corrected chi connectivity index (χ0v) is 10.9. The van der Waals surface area contributed by atoms with Crippen LogP contribution in [0.2, 0.25) is 0 Å². The van der Waals surface area contributed by atoms with Gasteiger partial charge in [-0.3, -0.25) is 9.59 Å². The molecule has 2 N–H and O–H groups in total. The van der Waals surface area contributed by atoms with Crippen molar-refractivity contribution in [2.45, 2.75) is 25.8 Å². The first-order valence-corrected chi connectivity index (χ1v) is 6.37. The minimum absolute atomic E-state index is 0.0353. The number of benzene rings is 1. The molecular weight excluding hydrogens is 244 g/mol. The van der Waals surface area contributed by atoms with Crippen LogP contribution in [0.15, 0.2) is 24.3 Å². The highest BCUT2D eigenvalue weighted by atomic mass is 16.4.